The first-order chi connectivity index (χ1) is 12.6. The van der Waals surface area contributed by atoms with Crippen molar-refractivity contribution < 1.29 is 9.90 Å². The van der Waals surface area contributed by atoms with Crippen LogP contribution in [0.4, 0.5) is 0 Å². The van der Waals surface area contributed by atoms with Gasteiger partial charge in [-0.2, -0.15) is 0 Å². The smallest absolute Gasteiger partial charge is 0.303 e. The molecule has 6 nitrogen and oxygen atoms in total. The fourth-order valence-corrected chi connectivity index (χ4v) is 4.80. The summed E-state index contributed by atoms with van der Waals surface area (Å²) in [5.74, 6) is -0.289. The molecule has 0 amide bonds. The van der Waals surface area contributed by atoms with E-state index in [1.54, 1.807) is 28.3 Å². The molecule has 0 saturated heterocycles. The van der Waals surface area contributed by atoms with Crippen LogP contribution in [-0.4, -0.2) is 25.6 Å². The Hall–Kier alpha value is -2.54. The van der Waals surface area contributed by atoms with Crippen molar-refractivity contribution in [3.8, 4) is 11.4 Å². The highest BCUT2D eigenvalue weighted by Crippen LogP contribution is 2.34. The summed E-state index contributed by atoms with van der Waals surface area (Å²) in [5, 5.41) is 9.66. The SMILES string of the molecule is O=C(O)CCCn1c(-c2cccnc2)nc2sc3c(c2c1=O)CCCC3. The quantitative estimate of drug-likeness (QED) is 0.746. The summed E-state index contributed by atoms with van der Waals surface area (Å²) in [6.45, 7) is 0.336. The molecule has 0 bridgehead atoms. The van der Waals surface area contributed by atoms with Gasteiger partial charge in [0.1, 0.15) is 10.7 Å². The number of hydrogen-bond acceptors (Lipinski definition) is 5. The van der Waals surface area contributed by atoms with Crippen molar-refractivity contribution >= 4 is 27.5 Å². The highest BCUT2D eigenvalue weighted by molar-refractivity contribution is 7.18. The number of carboxylic acid groups (broad SMARTS) is 1. The van der Waals surface area contributed by atoms with Crippen molar-refractivity contribution in [2.24, 2.45) is 0 Å². The molecular formula is C19H19N3O3S. The maximum absolute atomic E-state index is 13.3. The Morgan fingerprint density at radius 2 is 2.15 bits per heavy atom. The third-order valence-corrected chi connectivity index (χ3v) is 5.95. The van der Waals surface area contributed by atoms with Crippen LogP contribution in [-0.2, 0) is 24.2 Å². The van der Waals surface area contributed by atoms with Gasteiger partial charge in [-0.25, -0.2) is 4.98 Å². The van der Waals surface area contributed by atoms with E-state index in [4.69, 9.17) is 10.1 Å². The number of carbonyl (C=O) groups is 1. The average molecular weight is 369 g/mol. The molecule has 0 unspecified atom stereocenters. The number of rotatable bonds is 5. The van der Waals surface area contributed by atoms with Crippen LogP contribution in [0.2, 0.25) is 0 Å². The second-order valence-electron chi connectivity index (χ2n) is 6.52. The van der Waals surface area contributed by atoms with Crippen molar-refractivity contribution in [2.75, 3.05) is 0 Å². The predicted octanol–water partition coefficient (Wildman–Crippen LogP) is 3.26. The summed E-state index contributed by atoms with van der Waals surface area (Å²) in [6, 6.07) is 3.69. The van der Waals surface area contributed by atoms with Crippen LogP contribution in [0.15, 0.2) is 29.3 Å². The van der Waals surface area contributed by atoms with Gasteiger partial charge in [-0.05, 0) is 49.8 Å². The van der Waals surface area contributed by atoms with E-state index in [9.17, 15) is 9.59 Å². The molecule has 3 heterocycles. The minimum Gasteiger partial charge on any atom is -0.481 e. The first-order valence-electron chi connectivity index (χ1n) is 8.82. The molecule has 1 N–H and O–H groups in total. The zero-order valence-corrected chi connectivity index (χ0v) is 15.1. The van der Waals surface area contributed by atoms with Crippen molar-refractivity contribution in [3.05, 3.63) is 45.3 Å². The molecular weight excluding hydrogens is 350 g/mol. The van der Waals surface area contributed by atoms with Crippen LogP contribution in [0.5, 0.6) is 0 Å². The Kier molecular flexibility index (Phi) is 4.55. The molecule has 0 aliphatic heterocycles. The van der Waals surface area contributed by atoms with E-state index in [0.717, 1.165) is 47.0 Å². The molecule has 3 aromatic heterocycles. The minimum absolute atomic E-state index is 0.0265. The highest BCUT2D eigenvalue weighted by Gasteiger charge is 2.22. The molecule has 26 heavy (non-hydrogen) atoms. The second kappa shape index (κ2) is 6.99. The van der Waals surface area contributed by atoms with Crippen LogP contribution < -0.4 is 5.56 Å². The van der Waals surface area contributed by atoms with Gasteiger partial charge in [0.25, 0.3) is 5.56 Å². The molecule has 4 rings (SSSR count). The van der Waals surface area contributed by atoms with Crippen molar-refractivity contribution in [1.82, 2.24) is 14.5 Å². The number of carboxylic acids is 1. The summed E-state index contributed by atoms with van der Waals surface area (Å²) in [6.07, 6.45) is 7.97. The summed E-state index contributed by atoms with van der Waals surface area (Å²) in [4.78, 5) is 35.2. The third kappa shape index (κ3) is 3.03. The monoisotopic (exact) mass is 369 g/mol. The minimum atomic E-state index is -0.858. The van der Waals surface area contributed by atoms with E-state index in [0.29, 0.717) is 18.8 Å². The average Bonchev–Trinajstić information content (AvgIpc) is 3.02. The third-order valence-electron chi connectivity index (χ3n) is 4.77. The summed E-state index contributed by atoms with van der Waals surface area (Å²) < 4.78 is 1.63. The van der Waals surface area contributed by atoms with Gasteiger partial charge in [-0.1, -0.05) is 0 Å². The number of aromatic nitrogens is 3. The number of aryl methyl sites for hydroxylation is 2. The molecule has 0 atom stereocenters. The lowest BCUT2D eigenvalue weighted by Crippen LogP contribution is -2.24. The fourth-order valence-electron chi connectivity index (χ4n) is 3.55. The first kappa shape index (κ1) is 16.9. The van der Waals surface area contributed by atoms with Gasteiger partial charge in [-0.3, -0.25) is 19.1 Å². The molecule has 0 radical (unpaired) electrons. The van der Waals surface area contributed by atoms with Gasteiger partial charge in [0.05, 0.1) is 5.39 Å². The van der Waals surface area contributed by atoms with E-state index in [1.807, 2.05) is 12.1 Å². The lowest BCUT2D eigenvalue weighted by molar-refractivity contribution is -0.137. The summed E-state index contributed by atoms with van der Waals surface area (Å²) in [5.41, 5.74) is 1.87. The Balaban J connectivity index is 1.90. The Morgan fingerprint density at radius 3 is 2.92 bits per heavy atom. The molecule has 1 aliphatic carbocycles. The van der Waals surface area contributed by atoms with Gasteiger partial charge in [0, 0.05) is 35.8 Å². The number of pyridine rings is 1. The number of aliphatic carboxylic acids is 1. The van der Waals surface area contributed by atoms with Crippen LogP contribution in [0.25, 0.3) is 21.6 Å². The molecule has 3 aromatic rings. The van der Waals surface area contributed by atoms with E-state index in [1.165, 1.54) is 4.88 Å². The standard InChI is InChI=1S/C19H19N3O3S/c23-15(24)8-4-10-22-17(12-5-3-9-20-11-12)21-18-16(19(22)25)13-6-1-2-7-14(13)26-18/h3,5,9,11H,1-2,4,6-8,10H2,(H,23,24). The Labute approximate surface area is 154 Å². The van der Waals surface area contributed by atoms with Gasteiger partial charge in [0.2, 0.25) is 0 Å². The van der Waals surface area contributed by atoms with Crippen LogP contribution in [0, 0.1) is 0 Å². The molecule has 134 valence electrons. The number of thiophene rings is 1. The molecule has 0 aromatic carbocycles. The van der Waals surface area contributed by atoms with E-state index in [-0.39, 0.29) is 12.0 Å². The highest BCUT2D eigenvalue weighted by atomic mass is 32.1. The fraction of sp³-hybridized carbons (Fsp3) is 0.368. The number of fused-ring (bicyclic) bond motifs is 3. The lowest BCUT2D eigenvalue weighted by atomic mass is 9.97. The zero-order valence-electron chi connectivity index (χ0n) is 14.3. The predicted molar refractivity (Wildman–Crippen MR) is 101 cm³/mol. The van der Waals surface area contributed by atoms with Gasteiger partial charge in [-0.15, -0.1) is 11.3 Å². The first-order valence-corrected chi connectivity index (χ1v) is 9.64. The number of nitrogens with zero attached hydrogens (tertiary/aromatic N) is 3. The Morgan fingerprint density at radius 1 is 1.31 bits per heavy atom. The van der Waals surface area contributed by atoms with E-state index >= 15 is 0 Å². The van der Waals surface area contributed by atoms with Crippen LogP contribution in [0.3, 0.4) is 0 Å². The molecule has 0 fully saturated rings. The van der Waals surface area contributed by atoms with Gasteiger partial charge in [0.15, 0.2) is 0 Å². The summed E-state index contributed by atoms with van der Waals surface area (Å²) >= 11 is 1.62. The van der Waals surface area contributed by atoms with E-state index in [2.05, 4.69) is 4.98 Å². The van der Waals surface area contributed by atoms with Crippen LogP contribution >= 0.6 is 11.3 Å². The zero-order chi connectivity index (χ0) is 18.1. The van der Waals surface area contributed by atoms with Crippen molar-refractivity contribution in [1.29, 1.82) is 0 Å². The van der Waals surface area contributed by atoms with Crippen molar-refractivity contribution in [3.63, 3.8) is 0 Å². The van der Waals surface area contributed by atoms with Crippen LogP contribution in [0.1, 0.15) is 36.1 Å². The molecule has 1 aliphatic rings. The molecule has 0 spiro atoms. The Bertz CT molecular complexity index is 1020. The molecule has 7 heteroatoms. The topological polar surface area (TPSA) is 85.1 Å². The normalized spacial score (nSPS) is 13.7. The van der Waals surface area contributed by atoms with E-state index < -0.39 is 5.97 Å². The maximum atomic E-state index is 13.3. The van der Waals surface area contributed by atoms with Gasteiger partial charge < -0.3 is 5.11 Å². The maximum Gasteiger partial charge on any atom is 0.303 e. The largest absolute Gasteiger partial charge is 0.481 e. The second-order valence-corrected chi connectivity index (χ2v) is 7.61. The number of hydrogen-bond donors (Lipinski definition) is 1. The van der Waals surface area contributed by atoms with Gasteiger partial charge >= 0.3 is 5.97 Å². The summed E-state index contributed by atoms with van der Waals surface area (Å²) in [7, 11) is 0. The van der Waals surface area contributed by atoms with Crippen molar-refractivity contribution in [2.45, 2.75) is 45.1 Å². The molecule has 0 saturated carbocycles. The lowest BCUT2D eigenvalue weighted by Gasteiger charge is -2.13.